The highest BCUT2D eigenvalue weighted by Crippen LogP contribution is 2.35. The fraction of sp³-hybridized carbons (Fsp3) is 0.200. The van der Waals surface area contributed by atoms with Gasteiger partial charge in [-0.25, -0.2) is 0 Å². The number of anilines is 1. The van der Waals surface area contributed by atoms with Gasteiger partial charge in [-0.05, 0) is 37.6 Å². The second-order valence-corrected chi connectivity index (χ2v) is 6.29. The maximum atomic E-state index is 13.4. The molecular formula is C20H21F3N4O. The molecule has 0 saturated heterocycles. The van der Waals surface area contributed by atoms with Crippen molar-refractivity contribution >= 4 is 11.4 Å². The van der Waals surface area contributed by atoms with Gasteiger partial charge in [-0.1, -0.05) is 30.3 Å². The zero-order valence-corrected chi connectivity index (χ0v) is 15.5. The van der Waals surface area contributed by atoms with Crippen LogP contribution in [0.5, 0.6) is 0 Å². The number of nitrogens with zero attached hydrogens (tertiary/aromatic N) is 2. The number of nitrogens with two attached hydrogens (primary N) is 2. The van der Waals surface area contributed by atoms with E-state index < -0.39 is 23.0 Å². The second kappa shape index (κ2) is 8.16. The van der Waals surface area contributed by atoms with Crippen molar-refractivity contribution in [1.82, 2.24) is 4.57 Å². The van der Waals surface area contributed by atoms with Crippen LogP contribution in [0.2, 0.25) is 0 Å². The number of rotatable bonds is 5. The molecule has 0 aliphatic heterocycles. The van der Waals surface area contributed by atoms with Gasteiger partial charge in [0.05, 0.1) is 17.8 Å². The van der Waals surface area contributed by atoms with Crippen LogP contribution >= 0.6 is 0 Å². The molecule has 0 bridgehead atoms. The number of aromatic nitrogens is 1. The van der Waals surface area contributed by atoms with E-state index in [1.807, 2.05) is 0 Å². The Labute approximate surface area is 160 Å². The molecule has 2 rings (SSSR count). The van der Waals surface area contributed by atoms with Gasteiger partial charge < -0.3 is 16.0 Å². The van der Waals surface area contributed by atoms with Crippen molar-refractivity contribution in [2.45, 2.75) is 26.6 Å². The number of aryl methyl sites for hydroxylation is 1. The number of nitrogen functional groups attached to an aromatic ring is 1. The van der Waals surface area contributed by atoms with Gasteiger partial charge in [0.2, 0.25) is 0 Å². The summed E-state index contributed by atoms with van der Waals surface area (Å²) in [6.07, 6.45) is -1.91. The average Bonchev–Trinajstić information content (AvgIpc) is 2.62. The lowest BCUT2D eigenvalue weighted by atomic mass is 10.0. The summed E-state index contributed by atoms with van der Waals surface area (Å²) >= 11 is 0. The zero-order chi connectivity index (χ0) is 21.1. The van der Waals surface area contributed by atoms with E-state index in [1.165, 1.54) is 12.3 Å². The van der Waals surface area contributed by atoms with Gasteiger partial charge in [0, 0.05) is 17.6 Å². The molecule has 0 unspecified atom stereocenters. The molecule has 0 aliphatic rings. The van der Waals surface area contributed by atoms with Crippen LogP contribution in [0.1, 0.15) is 18.1 Å². The van der Waals surface area contributed by atoms with Gasteiger partial charge in [0.1, 0.15) is 5.69 Å². The molecule has 5 nitrogen and oxygen atoms in total. The van der Waals surface area contributed by atoms with Crippen molar-refractivity contribution in [2.75, 3.05) is 5.73 Å². The number of pyridine rings is 1. The minimum atomic E-state index is -4.76. The second-order valence-electron chi connectivity index (χ2n) is 6.29. The molecule has 28 heavy (non-hydrogen) atoms. The molecule has 0 fully saturated rings. The normalized spacial score (nSPS) is 12.9. The third-order valence-electron chi connectivity index (χ3n) is 4.03. The number of hydrogen-bond acceptors (Lipinski definition) is 4. The maximum absolute atomic E-state index is 13.4. The fourth-order valence-electron chi connectivity index (χ4n) is 2.56. The van der Waals surface area contributed by atoms with Crippen molar-refractivity contribution in [1.29, 1.82) is 0 Å². The van der Waals surface area contributed by atoms with Crippen LogP contribution in [0, 0.1) is 6.92 Å². The number of allylic oxidation sites excluding steroid dienone is 2. The first-order chi connectivity index (χ1) is 13.0. The molecule has 0 radical (unpaired) electrons. The summed E-state index contributed by atoms with van der Waals surface area (Å²) in [5.41, 5.74) is 10.5. The van der Waals surface area contributed by atoms with Gasteiger partial charge in [0.25, 0.3) is 5.56 Å². The quantitative estimate of drug-likeness (QED) is 0.760. The Bertz CT molecular complexity index is 1020. The van der Waals surface area contributed by atoms with Crippen molar-refractivity contribution in [3.8, 4) is 11.3 Å². The summed E-state index contributed by atoms with van der Waals surface area (Å²) in [5.74, 6) is 0. The zero-order valence-electron chi connectivity index (χ0n) is 15.5. The molecule has 8 heteroatoms. The topological polar surface area (TPSA) is 86.4 Å². The lowest BCUT2D eigenvalue weighted by Crippen LogP contribution is -2.30. The summed E-state index contributed by atoms with van der Waals surface area (Å²) in [6.45, 7) is 6.90. The Hall–Kier alpha value is -3.29. The summed E-state index contributed by atoms with van der Waals surface area (Å²) < 4.78 is 41.2. The van der Waals surface area contributed by atoms with Crippen LogP contribution in [0.4, 0.5) is 18.9 Å². The summed E-state index contributed by atoms with van der Waals surface area (Å²) in [6, 6.07) is 7.67. The number of halogens is 3. The molecule has 1 heterocycles. The molecule has 4 N–H and O–H groups in total. The Morgan fingerprint density at radius 1 is 1.32 bits per heavy atom. The monoisotopic (exact) mass is 390 g/mol. The lowest BCUT2D eigenvalue weighted by Gasteiger charge is -2.18. The highest BCUT2D eigenvalue weighted by molar-refractivity contribution is 5.92. The van der Waals surface area contributed by atoms with Crippen LogP contribution in [0.15, 0.2) is 64.7 Å². The van der Waals surface area contributed by atoms with Crippen molar-refractivity contribution in [3.63, 3.8) is 0 Å². The lowest BCUT2D eigenvalue weighted by molar-refractivity contribution is -0.137. The standard InChI is InChI=1S/C20H21F3N4O/c1-4-13(3)26-10-15(24)11-27-17(14-7-5-6-12(2)8-14)9-16(20(21,22)23)18(25)19(27)28/h4-10H,1,11,24-25H2,2-3H3/b15-10-,26-13-. The first-order valence-corrected chi connectivity index (χ1v) is 8.33. The Morgan fingerprint density at radius 3 is 2.57 bits per heavy atom. The van der Waals surface area contributed by atoms with Crippen molar-refractivity contribution in [2.24, 2.45) is 10.7 Å². The molecule has 0 spiro atoms. The number of benzene rings is 1. The third-order valence-corrected chi connectivity index (χ3v) is 4.03. The van der Waals surface area contributed by atoms with E-state index in [-0.39, 0.29) is 17.9 Å². The van der Waals surface area contributed by atoms with Crippen molar-refractivity contribution in [3.05, 3.63) is 76.4 Å². The van der Waals surface area contributed by atoms with Crippen LogP contribution in [-0.2, 0) is 12.7 Å². The Balaban J connectivity index is 2.71. The van der Waals surface area contributed by atoms with Crippen LogP contribution in [0.3, 0.4) is 0 Å². The molecule has 0 amide bonds. The van der Waals surface area contributed by atoms with Crippen LogP contribution in [-0.4, -0.2) is 10.3 Å². The van der Waals surface area contributed by atoms with E-state index in [2.05, 4.69) is 11.6 Å². The largest absolute Gasteiger partial charge is 0.418 e. The third kappa shape index (κ3) is 4.70. The van der Waals surface area contributed by atoms with Gasteiger partial charge in [-0.2, -0.15) is 13.2 Å². The minimum Gasteiger partial charge on any atom is -0.399 e. The minimum absolute atomic E-state index is 0.0657. The SMILES string of the molecule is C=C/C(C)=N\C=C(/N)Cn1c(-c2cccc(C)c2)cc(C(F)(F)F)c(N)c1=O. The summed E-state index contributed by atoms with van der Waals surface area (Å²) in [7, 11) is 0. The maximum Gasteiger partial charge on any atom is 0.418 e. The molecular weight excluding hydrogens is 369 g/mol. The predicted octanol–water partition coefficient (Wildman–Crippen LogP) is 3.87. The molecule has 148 valence electrons. The first kappa shape index (κ1) is 21.0. The Kier molecular flexibility index (Phi) is 6.12. The summed E-state index contributed by atoms with van der Waals surface area (Å²) in [5, 5.41) is 0. The molecule has 0 saturated carbocycles. The molecule has 1 aromatic heterocycles. The van der Waals surface area contributed by atoms with Gasteiger partial charge in [0.15, 0.2) is 0 Å². The average molecular weight is 390 g/mol. The van der Waals surface area contributed by atoms with E-state index in [4.69, 9.17) is 11.5 Å². The van der Waals surface area contributed by atoms with Gasteiger partial charge in [-0.3, -0.25) is 9.79 Å². The van der Waals surface area contributed by atoms with E-state index in [1.54, 1.807) is 38.1 Å². The number of hydrogen-bond donors (Lipinski definition) is 2. The molecule has 0 atom stereocenters. The molecule has 0 aliphatic carbocycles. The first-order valence-electron chi connectivity index (χ1n) is 8.33. The van der Waals surface area contributed by atoms with Crippen LogP contribution < -0.4 is 17.0 Å². The van der Waals surface area contributed by atoms with E-state index in [0.717, 1.165) is 16.2 Å². The highest BCUT2D eigenvalue weighted by Gasteiger charge is 2.35. The predicted molar refractivity (Wildman–Crippen MR) is 106 cm³/mol. The van der Waals surface area contributed by atoms with Crippen molar-refractivity contribution < 1.29 is 13.2 Å². The summed E-state index contributed by atoms with van der Waals surface area (Å²) in [4.78, 5) is 16.7. The smallest absolute Gasteiger partial charge is 0.399 e. The van der Waals surface area contributed by atoms with Crippen LogP contribution in [0.25, 0.3) is 11.3 Å². The van der Waals surface area contributed by atoms with E-state index in [9.17, 15) is 18.0 Å². The molecule has 1 aromatic carbocycles. The van der Waals surface area contributed by atoms with E-state index in [0.29, 0.717) is 11.3 Å². The van der Waals surface area contributed by atoms with Gasteiger partial charge >= 0.3 is 6.18 Å². The molecule has 2 aromatic rings. The van der Waals surface area contributed by atoms with Gasteiger partial charge in [-0.15, -0.1) is 0 Å². The highest BCUT2D eigenvalue weighted by atomic mass is 19.4. The fourth-order valence-corrected chi connectivity index (χ4v) is 2.56. The number of aliphatic imine (C=N–C) groups is 1. The number of alkyl halides is 3. The Morgan fingerprint density at radius 2 is 2.00 bits per heavy atom. The van der Waals surface area contributed by atoms with E-state index >= 15 is 0 Å².